The van der Waals surface area contributed by atoms with Crippen LogP contribution in [0.3, 0.4) is 0 Å². The predicted molar refractivity (Wildman–Crippen MR) is 120 cm³/mol. The summed E-state index contributed by atoms with van der Waals surface area (Å²) in [6, 6.07) is 0. The average molecular weight is 470 g/mol. The molecule has 0 aliphatic carbocycles. The molecule has 0 N–H and O–H groups in total. The number of rotatable bonds is 14. The van der Waals surface area contributed by atoms with E-state index >= 15 is 0 Å². The first-order valence-electron chi connectivity index (χ1n) is 7.53. The van der Waals surface area contributed by atoms with Crippen molar-refractivity contribution in [2.24, 2.45) is 15.0 Å². The van der Waals surface area contributed by atoms with E-state index in [1.54, 1.807) is 35.7 Å². The number of thioether (sulfide) groups is 6. The standard InChI is InChI=1S/C14H19N3O3S6/c18-6-15-1-14(26-10-17-8-20)25-5-13-4-23-12(3-24-13)2-21-11-22-9-16-7-19/h12-14H,1-5,9-11H2. The van der Waals surface area contributed by atoms with Gasteiger partial charge in [0.2, 0.25) is 18.2 Å². The van der Waals surface area contributed by atoms with Crippen LogP contribution in [0.15, 0.2) is 15.0 Å². The fourth-order valence-corrected chi connectivity index (χ4v) is 9.48. The molecule has 0 radical (unpaired) electrons. The molecule has 3 atom stereocenters. The molecular weight excluding hydrogens is 451 g/mol. The lowest BCUT2D eigenvalue weighted by Crippen LogP contribution is -2.25. The van der Waals surface area contributed by atoms with E-state index in [1.165, 1.54) is 17.8 Å². The monoisotopic (exact) mass is 469 g/mol. The maximum atomic E-state index is 10.3. The quantitative estimate of drug-likeness (QED) is 0.164. The minimum absolute atomic E-state index is 0.110. The summed E-state index contributed by atoms with van der Waals surface area (Å²) in [5.41, 5.74) is 0. The van der Waals surface area contributed by atoms with Crippen LogP contribution in [-0.2, 0) is 14.4 Å². The second kappa shape index (κ2) is 17.3. The molecule has 0 bridgehead atoms. The summed E-state index contributed by atoms with van der Waals surface area (Å²) in [6.45, 7) is 0.392. The molecule has 1 saturated heterocycles. The Morgan fingerprint density at radius 1 is 0.846 bits per heavy atom. The van der Waals surface area contributed by atoms with Gasteiger partial charge in [-0.1, -0.05) is 0 Å². The van der Waals surface area contributed by atoms with Crippen LogP contribution in [0, 0.1) is 0 Å². The van der Waals surface area contributed by atoms with Crippen molar-refractivity contribution in [1.29, 1.82) is 0 Å². The normalized spacial score (nSPS) is 20.3. The lowest BCUT2D eigenvalue weighted by atomic mass is 10.5. The number of isocyanates is 3. The lowest BCUT2D eigenvalue weighted by Gasteiger charge is -2.28. The van der Waals surface area contributed by atoms with E-state index in [0.29, 0.717) is 28.8 Å². The third kappa shape index (κ3) is 12.6. The fraction of sp³-hybridized carbons (Fsp3) is 0.786. The average Bonchev–Trinajstić information content (AvgIpc) is 2.67. The van der Waals surface area contributed by atoms with E-state index in [0.717, 1.165) is 28.1 Å². The lowest BCUT2D eigenvalue weighted by molar-refractivity contribution is 0.562. The summed E-state index contributed by atoms with van der Waals surface area (Å²) in [5.74, 6) is 5.21. The molecule has 144 valence electrons. The summed E-state index contributed by atoms with van der Waals surface area (Å²) >= 11 is 10.8. The molecule has 1 rings (SSSR count). The number of nitrogens with zero attached hydrogens (tertiary/aromatic N) is 3. The van der Waals surface area contributed by atoms with Crippen LogP contribution < -0.4 is 0 Å². The van der Waals surface area contributed by atoms with Crippen LogP contribution in [0.5, 0.6) is 0 Å². The maximum Gasteiger partial charge on any atom is 0.235 e. The second-order valence-corrected chi connectivity index (χ2v) is 12.4. The van der Waals surface area contributed by atoms with Crippen LogP contribution in [0.2, 0.25) is 0 Å². The van der Waals surface area contributed by atoms with Crippen molar-refractivity contribution < 1.29 is 14.4 Å². The van der Waals surface area contributed by atoms with Gasteiger partial charge < -0.3 is 0 Å². The molecular formula is C14H19N3O3S6. The summed E-state index contributed by atoms with van der Waals surface area (Å²) in [7, 11) is 0. The van der Waals surface area contributed by atoms with E-state index in [2.05, 4.69) is 15.0 Å². The van der Waals surface area contributed by atoms with Gasteiger partial charge in [-0.05, 0) is 0 Å². The third-order valence-corrected chi connectivity index (χ3v) is 11.5. The highest BCUT2D eigenvalue weighted by molar-refractivity contribution is 8.18. The van der Waals surface area contributed by atoms with Gasteiger partial charge in [0.05, 0.1) is 22.9 Å². The zero-order valence-electron chi connectivity index (χ0n) is 13.9. The Kier molecular flexibility index (Phi) is 16.2. The maximum absolute atomic E-state index is 10.3. The minimum Gasteiger partial charge on any atom is -0.211 e. The van der Waals surface area contributed by atoms with Gasteiger partial charge in [-0.2, -0.15) is 33.5 Å². The molecule has 1 fully saturated rings. The van der Waals surface area contributed by atoms with Gasteiger partial charge in [-0.25, -0.2) is 19.4 Å². The molecule has 0 amide bonds. The number of carbonyl (C=O) groups excluding carboxylic acids is 3. The Hall–Kier alpha value is 0.240. The van der Waals surface area contributed by atoms with Crippen molar-refractivity contribution in [1.82, 2.24) is 0 Å². The van der Waals surface area contributed by atoms with Crippen LogP contribution in [-0.4, -0.2) is 79.7 Å². The Morgan fingerprint density at radius 2 is 1.50 bits per heavy atom. The van der Waals surface area contributed by atoms with Crippen LogP contribution in [0.1, 0.15) is 0 Å². The van der Waals surface area contributed by atoms with E-state index in [1.807, 2.05) is 35.3 Å². The summed E-state index contributed by atoms with van der Waals surface area (Å²) in [4.78, 5) is 41.1. The Balaban J connectivity index is 2.17. The molecule has 26 heavy (non-hydrogen) atoms. The molecule has 0 spiro atoms. The van der Waals surface area contributed by atoms with Crippen molar-refractivity contribution in [2.45, 2.75) is 15.1 Å². The Bertz CT molecular complexity index is 528. The zero-order chi connectivity index (χ0) is 18.9. The van der Waals surface area contributed by atoms with Crippen LogP contribution >= 0.6 is 70.6 Å². The van der Waals surface area contributed by atoms with Crippen molar-refractivity contribution >= 4 is 88.8 Å². The van der Waals surface area contributed by atoms with Crippen LogP contribution in [0.25, 0.3) is 0 Å². The third-order valence-electron chi connectivity index (χ3n) is 2.89. The molecule has 0 aromatic carbocycles. The van der Waals surface area contributed by atoms with Crippen LogP contribution in [0.4, 0.5) is 0 Å². The van der Waals surface area contributed by atoms with E-state index in [4.69, 9.17) is 0 Å². The molecule has 0 aromatic rings. The van der Waals surface area contributed by atoms with Gasteiger partial charge in [-0.3, -0.25) is 0 Å². The molecule has 0 saturated carbocycles. The number of aliphatic imine (C=N–C) groups is 3. The summed E-state index contributed by atoms with van der Waals surface area (Å²) in [6.07, 6.45) is 4.64. The number of hydrogen-bond acceptors (Lipinski definition) is 12. The van der Waals surface area contributed by atoms with E-state index < -0.39 is 0 Å². The molecule has 1 heterocycles. The number of hydrogen-bond donors (Lipinski definition) is 0. The Morgan fingerprint density at radius 3 is 2.15 bits per heavy atom. The fourth-order valence-electron chi connectivity index (χ4n) is 1.75. The summed E-state index contributed by atoms with van der Waals surface area (Å²) in [5, 5.41) is 2.19. The van der Waals surface area contributed by atoms with Gasteiger partial charge in [0.15, 0.2) is 0 Å². The van der Waals surface area contributed by atoms with Gasteiger partial charge in [0, 0.05) is 38.6 Å². The minimum atomic E-state index is 0.110. The molecule has 6 nitrogen and oxygen atoms in total. The molecule has 1 aliphatic heterocycles. The summed E-state index contributed by atoms with van der Waals surface area (Å²) < 4.78 is 0.110. The Labute approximate surface area is 178 Å². The predicted octanol–water partition coefficient (Wildman–Crippen LogP) is 3.34. The second-order valence-electron chi connectivity index (χ2n) is 4.72. The van der Waals surface area contributed by atoms with Crippen molar-refractivity contribution in [2.75, 3.05) is 46.4 Å². The highest BCUT2D eigenvalue weighted by Gasteiger charge is 2.23. The van der Waals surface area contributed by atoms with Gasteiger partial charge in [0.1, 0.15) is 0 Å². The SMILES string of the molecule is O=C=NCSCSCC1CSC(CSC(CN=C=O)SCN=C=O)CS1. The topological polar surface area (TPSA) is 88.3 Å². The highest BCUT2D eigenvalue weighted by Crippen LogP contribution is 2.35. The van der Waals surface area contributed by atoms with Crippen molar-refractivity contribution in [3.05, 3.63) is 0 Å². The van der Waals surface area contributed by atoms with E-state index in [9.17, 15) is 14.4 Å². The van der Waals surface area contributed by atoms with Crippen molar-refractivity contribution in [3.8, 4) is 0 Å². The first-order valence-corrected chi connectivity index (χ1v) is 14.0. The first kappa shape index (κ1) is 24.3. The molecule has 0 aromatic heterocycles. The van der Waals surface area contributed by atoms with Crippen molar-refractivity contribution in [3.63, 3.8) is 0 Å². The zero-order valence-corrected chi connectivity index (χ0v) is 18.8. The van der Waals surface area contributed by atoms with Gasteiger partial charge >= 0.3 is 0 Å². The molecule has 3 unspecified atom stereocenters. The van der Waals surface area contributed by atoms with E-state index in [-0.39, 0.29) is 4.58 Å². The highest BCUT2D eigenvalue weighted by atomic mass is 32.2. The van der Waals surface area contributed by atoms with Gasteiger partial charge in [0.25, 0.3) is 0 Å². The first-order chi connectivity index (χ1) is 12.8. The smallest absolute Gasteiger partial charge is 0.211 e. The molecule has 1 aliphatic rings. The molecule has 12 heteroatoms. The van der Waals surface area contributed by atoms with Gasteiger partial charge in [-0.15, -0.1) is 47.0 Å². The largest absolute Gasteiger partial charge is 0.235 e.